The van der Waals surface area contributed by atoms with Gasteiger partial charge in [0.1, 0.15) is 11.5 Å². The van der Waals surface area contributed by atoms with Gasteiger partial charge in [0.15, 0.2) is 0 Å². The van der Waals surface area contributed by atoms with E-state index in [-0.39, 0.29) is 0 Å². The maximum Gasteiger partial charge on any atom is 0.149 e. The molecule has 0 saturated carbocycles. The molecule has 0 bridgehead atoms. The maximum absolute atomic E-state index is 5.16. The van der Waals surface area contributed by atoms with Gasteiger partial charge in [0.05, 0.1) is 27.6 Å². The highest BCUT2D eigenvalue weighted by Gasteiger charge is 2.17. The lowest BCUT2D eigenvalue weighted by Gasteiger charge is -2.12. The number of imidazole rings is 1. The Morgan fingerprint density at radius 3 is 1.86 bits per heavy atom. The number of benzene rings is 5. The van der Waals surface area contributed by atoms with E-state index in [2.05, 4.69) is 118 Å². The molecular weight excluding hydrogens is 440 g/mol. The van der Waals surface area contributed by atoms with Gasteiger partial charge in [-0.1, -0.05) is 78.9 Å². The molecule has 0 aliphatic heterocycles. The molecule has 0 aliphatic carbocycles. The molecular formula is C32H20N4. The van der Waals surface area contributed by atoms with Gasteiger partial charge in [0.25, 0.3) is 0 Å². The van der Waals surface area contributed by atoms with E-state index >= 15 is 0 Å². The molecule has 0 amide bonds. The van der Waals surface area contributed by atoms with Crippen molar-refractivity contribution < 1.29 is 0 Å². The molecule has 0 aliphatic rings. The summed E-state index contributed by atoms with van der Waals surface area (Å²) in [5, 5.41) is 3.54. The Labute approximate surface area is 206 Å². The fraction of sp³-hybridized carbons (Fsp3) is 0. The van der Waals surface area contributed by atoms with Gasteiger partial charge in [0, 0.05) is 27.4 Å². The molecule has 4 nitrogen and oxygen atoms in total. The summed E-state index contributed by atoms with van der Waals surface area (Å²) in [5.74, 6) is 0.899. The molecule has 0 N–H and O–H groups in total. The molecule has 3 heterocycles. The van der Waals surface area contributed by atoms with Crippen LogP contribution in [0.3, 0.4) is 0 Å². The Hall–Kier alpha value is -4.96. The zero-order valence-electron chi connectivity index (χ0n) is 19.3. The van der Waals surface area contributed by atoms with Crippen molar-refractivity contribution in [1.82, 2.24) is 18.9 Å². The predicted octanol–water partition coefficient (Wildman–Crippen LogP) is 7.80. The second-order valence-electron chi connectivity index (χ2n) is 9.13. The third-order valence-corrected chi connectivity index (χ3v) is 7.09. The molecule has 168 valence electrons. The van der Waals surface area contributed by atoms with Crippen molar-refractivity contribution >= 4 is 49.4 Å². The average molecular weight is 461 g/mol. The van der Waals surface area contributed by atoms with E-state index in [1.54, 1.807) is 0 Å². The molecule has 0 spiro atoms. The first kappa shape index (κ1) is 19.4. The average Bonchev–Trinajstić information content (AvgIpc) is 3.50. The molecule has 0 saturated heterocycles. The highest BCUT2D eigenvalue weighted by atomic mass is 15.1. The Balaban J connectivity index is 1.50. The van der Waals surface area contributed by atoms with Crippen LogP contribution < -0.4 is 0 Å². The van der Waals surface area contributed by atoms with Crippen LogP contribution in [-0.4, -0.2) is 18.9 Å². The Morgan fingerprint density at radius 1 is 0.472 bits per heavy atom. The summed E-state index contributed by atoms with van der Waals surface area (Å²) in [4.78, 5) is 10.2. The van der Waals surface area contributed by atoms with E-state index in [0.717, 1.165) is 44.7 Å². The molecule has 4 heteroatoms. The highest BCUT2D eigenvalue weighted by molar-refractivity contribution is 6.09. The van der Waals surface area contributed by atoms with Gasteiger partial charge in [-0.15, -0.1) is 0 Å². The number of hydrogen-bond acceptors (Lipinski definition) is 2. The van der Waals surface area contributed by atoms with Crippen LogP contribution in [-0.2, 0) is 0 Å². The monoisotopic (exact) mass is 460 g/mol. The smallest absolute Gasteiger partial charge is 0.149 e. The fourth-order valence-corrected chi connectivity index (χ4v) is 5.51. The predicted molar refractivity (Wildman–Crippen MR) is 148 cm³/mol. The first-order chi connectivity index (χ1) is 17.9. The van der Waals surface area contributed by atoms with Crippen LogP contribution in [0.1, 0.15) is 0 Å². The number of para-hydroxylation sites is 4. The Morgan fingerprint density at radius 2 is 1.11 bits per heavy atom. The lowest BCUT2D eigenvalue weighted by Crippen LogP contribution is -1.99. The third kappa shape index (κ3) is 2.64. The topological polar surface area (TPSA) is 35.1 Å². The van der Waals surface area contributed by atoms with Gasteiger partial charge in [-0.3, -0.25) is 4.40 Å². The largest absolute Gasteiger partial charge is 0.309 e. The number of rotatable bonds is 2. The zero-order chi connectivity index (χ0) is 23.6. The molecule has 36 heavy (non-hydrogen) atoms. The lowest BCUT2D eigenvalue weighted by molar-refractivity contribution is 1.15. The molecule has 0 unspecified atom stereocenters. The minimum Gasteiger partial charge on any atom is -0.309 e. The fourth-order valence-electron chi connectivity index (χ4n) is 5.51. The van der Waals surface area contributed by atoms with Crippen molar-refractivity contribution in [3.63, 3.8) is 0 Å². The van der Waals surface area contributed by atoms with Crippen molar-refractivity contribution in [1.29, 1.82) is 0 Å². The van der Waals surface area contributed by atoms with Crippen molar-refractivity contribution in [2.24, 2.45) is 0 Å². The van der Waals surface area contributed by atoms with E-state index in [1.807, 2.05) is 12.1 Å². The van der Waals surface area contributed by atoms with Gasteiger partial charge in [-0.2, -0.15) is 0 Å². The number of hydrogen-bond donors (Lipinski definition) is 0. The molecule has 8 aromatic rings. The van der Waals surface area contributed by atoms with E-state index in [9.17, 15) is 0 Å². The van der Waals surface area contributed by atoms with Crippen LogP contribution >= 0.6 is 0 Å². The molecule has 0 fully saturated rings. The van der Waals surface area contributed by atoms with E-state index in [4.69, 9.17) is 9.97 Å². The maximum atomic E-state index is 5.16. The summed E-state index contributed by atoms with van der Waals surface area (Å²) in [6, 6.07) is 42.4. The van der Waals surface area contributed by atoms with Gasteiger partial charge in [0.2, 0.25) is 0 Å². The molecule has 8 rings (SSSR count). The number of fused-ring (bicyclic) bond motifs is 8. The van der Waals surface area contributed by atoms with Crippen LogP contribution in [0.2, 0.25) is 0 Å². The number of aromatic nitrogens is 4. The van der Waals surface area contributed by atoms with E-state index in [1.165, 1.54) is 21.8 Å². The summed E-state index contributed by atoms with van der Waals surface area (Å²) < 4.78 is 4.54. The highest BCUT2D eigenvalue weighted by Crippen LogP contribution is 2.34. The molecule has 0 atom stereocenters. The minimum atomic E-state index is 0.899. The van der Waals surface area contributed by atoms with Crippen molar-refractivity contribution in [3.05, 3.63) is 121 Å². The quantitative estimate of drug-likeness (QED) is 0.264. The summed E-state index contributed by atoms with van der Waals surface area (Å²) >= 11 is 0. The zero-order valence-corrected chi connectivity index (χ0v) is 19.3. The lowest BCUT2D eigenvalue weighted by atomic mass is 10.1. The molecule has 5 aromatic carbocycles. The van der Waals surface area contributed by atoms with Gasteiger partial charge < -0.3 is 4.57 Å². The second-order valence-corrected chi connectivity index (χ2v) is 9.13. The van der Waals surface area contributed by atoms with E-state index < -0.39 is 0 Å². The first-order valence-electron chi connectivity index (χ1n) is 12.1. The van der Waals surface area contributed by atoms with E-state index in [0.29, 0.717) is 0 Å². The molecule has 3 aromatic heterocycles. The Kier molecular flexibility index (Phi) is 3.91. The van der Waals surface area contributed by atoms with Crippen LogP contribution in [0.5, 0.6) is 0 Å². The summed E-state index contributed by atoms with van der Waals surface area (Å²) in [6.45, 7) is 0. The SMILES string of the molecule is c1ccc(-c2nc3ccc(-n4c5ccccc5c5ccccc54)cc3c3nc4ccccc4n23)cc1. The van der Waals surface area contributed by atoms with Gasteiger partial charge in [-0.25, -0.2) is 9.97 Å². The van der Waals surface area contributed by atoms with Crippen LogP contribution in [0.4, 0.5) is 0 Å². The van der Waals surface area contributed by atoms with Gasteiger partial charge >= 0.3 is 0 Å². The summed E-state index contributed by atoms with van der Waals surface area (Å²) in [6.07, 6.45) is 0. The summed E-state index contributed by atoms with van der Waals surface area (Å²) in [5.41, 5.74) is 8.42. The number of nitrogens with zero attached hydrogens (tertiary/aromatic N) is 4. The molecule has 0 radical (unpaired) electrons. The summed E-state index contributed by atoms with van der Waals surface area (Å²) in [7, 11) is 0. The standard InChI is InChI=1S/C32H20N4/c1-2-10-21(11-3-1)31-33-26-19-18-22(20-25(26)32-34-27-14-6-9-17-30(27)36(31)32)35-28-15-7-4-12-23(28)24-13-5-8-16-29(24)35/h1-20H. The first-order valence-corrected chi connectivity index (χ1v) is 12.1. The van der Waals surface area contributed by atoms with Crippen LogP contribution in [0.15, 0.2) is 121 Å². The van der Waals surface area contributed by atoms with Crippen molar-refractivity contribution in [2.45, 2.75) is 0 Å². The second kappa shape index (κ2) is 7.27. The van der Waals surface area contributed by atoms with Crippen LogP contribution in [0.25, 0.3) is 66.5 Å². The van der Waals surface area contributed by atoms with Crippen molar-refractivity contribution in [3.8, 4) is 17.1 Å². The van der Waals surface area contributed by atoms with Crippen LogP contribution in [0, 0.1) is 0 Å². The third-order valence-electron chi connectivity index (χ3n) is 7.09. The normalized spacial score (nSPS) is 11.9. The van der Waals surface area contributed by atoms with Crippen molar-refractivity contribution in [2.75, 3.05) is 0 Å². The van der Waals surface area contributed by atoms with Gasteiger partial charge in [-0.05, 0) is 42.5 Å². The minimum absolute atomic E-state index is 0.899. The Bertz CT molecular complexity index is 2050.